The Bertz CT molecular complexity index is 426. The predicted molar refractivity (Wildman–Crippen MR) is 76.3 cm³/mol. The Hall–Kier alpha value is -1.43. The van der Waals surface area contributed by atoms with Crippen molar-refractivity contribution < 1.29 is 14.3 Å². The smallest absolute Gasteiger partial charge is 0.240 e. The molecule has 1 aliphatic heterocycles. The van der Waals surface area contributed by atoms with Gasteiger partial charge in [0.05, 0.1) is 6.04 Å². The van der Waals surface area contributed by atoms with Crippen LogP contribution in [-0.2, 0) is 20.7 Å². The van der Waals surface area contributed by atoms with Gasteiger partial charge in [-0.3, -0.25) is 4.79 Å². The van der Waals surface area contributed by atoms with Crippen molar-refractivity contribution in [1.82, 2.24) is 4.90 Å². The number of rotatable bonds is 5. The average molecular weight is 278 g/mol. The summed E-state index contributed by atoms with van der Waals surface area (Å²) in [7, 11) is 3.27. The summed E-state index contributed by atoms with van der Waals surface area (Å²) in [6, 6.07) is 9.28. The van der Waals surface area contributed by atoms with E-state index in [9.17, 15) is 4.79 Å². The van der Waals surface area contributed by atoms with E-state index in [2.05, 4.69) is 0 Å². The number of benzene rings is 1. The highest BCUT2D eigenvalue weighted by Gasteiger charge is 2.36. The minimum atomic E-state index is -0.523. The quantitative estimate of drug-likeness (QED) is 0.848. The summed E-state index contributed by atoms with van der Waals surface area (Å²) in [5.74, 6) is -0.0459. The molecule has 1 heterocycles. The van der Waals surface area contributed by atoms with Gasteiger partial charge in [0.25, 0.3) is 0 Å². The Morgan fingerprint density at radius 3 is 2.30 bits per heavy atom. The van der Waals surface area contributed by atoms with E-state index in [0.29, 0.717) is 19.5 Å². The lowest BCUT2D eigenvalue weighted by Crippen LogP contribution is -2.44. The van der Waals surface area contributed by atoms with Crippen LogP contribution in [0, 0.1) is 0 Å². The van der Waals surface area contributed by atoms with Crippen LogP contribution < -0.4 is 5.73 Å². The topological polar surface area (TPSA) is 64.8 Å². The molecule has 1 aliphatic rings. The van der Waals surface area contributed by atoms with Gasteiger partial charge < -0.3 is 20.1 Å². The molecule has 1 fully saturated rings. The third-order valence-electron chi connectivity index (χ3n) is 3.75. The summed E-state index contributed by atoms with van der Waals surface area (Å²) >= 11 is 0. The fourth-order valence-corrected chi connectivity index (χ4v) is 2.57. The Morgan fingerprint density at radius 1 is 1.25 bits per heavy atom. The van der Waals surface area contributed by atoms with Crippen LogP contribution in [-0.4, -0.2) is 56.4 Å². The highest BCUT2D eigenvalue weighted by molar-refractivity contribution is 5.82. The van der Waals surface area contributed by atoms with E-state index in [1.807, 2.05) is 30.3 Å². The van der Waals surface area contributed by atoms with Crippen molar-refractivity contribution in [1.29, 1.82) is 0 Å². The first-order valence-corrected chi connectivity index (χ1v) is 6.79. The number of amides is 1. The summed E-state index contributed by atoms with van der Waals surface area (Å²) in [6.45, 7) is 1.08. The molecule has 2 N–H and O–H groups in total. The fraction of sp³-hybridized carbons (Fsp3) is 0.533. The zero-order valence-electron chi connectivity index (χ0n) is 12.0. The first-order chi connectivity index (χ1) is 9.65. The second kappa shape index (κ2) is 6.83. The van der Waals surface area contributed by atoms with Crippen molar-refractivity contribution in [3.8, 4) is 0 Å². The van der Waals surface area contributed by atoms with Crippen LogP contribution in [0.1, 0.15) is 5.56 Å². The van der Waals surface area contributed by atoms with Crippen LogP contribution in [0.4, 0.5) is 0 Å². The number of methoxy groups -OCH3 is 2. The monoisotopic (exact) mass is 278 g/mol. The molecule has 2 rings (SSSR count). The van der Waals surface area contributed by atoms with Crippen LogP contribution in [0.25, 0.3) is 0 Å². The molecule has 20 heavy (non-hydrogen) atoms. The third-order valence-corrected chi connectivity index (χ3v) is 3.75. The zero-order valence-corrected chi connectivity index (χ0v) is 12.0. The lowest BCUT2D eigenvalue weighted by Gasteiger charge is -2.20. The van der Waals surface area contributed by atoms with Gasteiger partial charge in [-0.25, -0.2) is 0 Å². The van der Waals surface area contributed by atoms with Crippen molar-refractivity contribution in [2.24, 2.45) is 5.73 Å². The van der Waals surface area contributed by atoms with Gasteiger partial charge in [-0.1, -0.05) is 30.3 Å². The van der Waals surface area contributed by atoms with E-state index in [1.165, 1.54) is 0 Å². The largest absolute Gasteiger partial charge is 0.377 e. The van der Waals surface area contributed by atoms with Gasteiger partial charge >= 0.3 is 0 Å². The fourth-order valence-electron chi connectivity index (χ4n) is 2.57. The normalized spacial score (nSPS) is 23.9. The molecule has 3 atom stereocenters. The Morgan fingerprint density at radius 2 is 1.80 bits per heavy atom. The van der Waals surface area contributed by atoms with Crippen LogP contribution in [0.2, 0.25) is 0 Å². The molecule has 5 nitrogen and oxygen atoms in total. The summed E-state index contributed by atoms with van der Waals surface area (Å²) in [4.78, 5) is 14.1. The summed E-state index contributed by atoms with van der Waals surface area (Å²) < 4.78 is 10.7. The predicted octanol–water partition coefficient (Wildman–Crippen LogP) is 0.429. The molecule has 1 aromatic carbocycles. The van der Waals surface area contributed by atoms with Crippen molar-refractivity contribution in [2.45, 2.75) is 24.7 Å². The standard InChI is InChI=1S/C15H22N2O3/c1-19-13-9-17(10-14(13)20-2)15(18)12(16)8-11-6-4-3-5-7-11/h3-7,12-14H,8-10,16H2,1-2H3/t12-,13?,14?/m0/s1. The SMILES string of the molecule is COC1CN(C(=O)[C@@H](N)Cc2ccccc2)CC1OC. The van der Waals surface area contributed by atoms with Gasteiger partial charge in [0.15, 0.2) is 0 Å². The molecule has 1 saturated heterocycles. The van der Waals surface area contributed by atoms with E-state index < -0.39 is 6.04 Å². The summed E-state index contributed by atoms with van der Waals surface area (Å²) in [5, 5.41) is 0. The number of carbonyl (C=O) groups excluding carboxylic acids is 1. The molecule has 110 valence electrons. The molecule has 0 aliphatic carbocycles. The number of nitrogens with two attached hydrogens (primary N) is 1. The second-order valence-corrected chi connectivity index (χ2v) is 5.09. The molecule has 0 aromatic heterocycles. The minimum Gasteiger partial charge on any atom is -0.377 e. The third kappa shape index (κ3) is 3.36. The average Bonchev–Trinajstić information content (AvgIpc) is 2.90. The molecule has 2 unspecified atom stereocenters. The molecular formula is C15H22N2O3. The van der Waals surface area contributed by atoms with Crippen LogP contribution >= 0.6 is 0 Å². The molecule has 0 saturated carbocycles. The van der Waals surface area contributed by atoms with Crippen molar-refractivity contribution >= 4 is 5.91 Å². The maximum Gasteiger partial charge on any atom is 0.240 e. The van der Waals surface area contributed by atoms with Crippen LogP contribution in [0.3, 0.4) is 0 Å². The van der Waals surface area contributed by atoms with Crippen LogP contribution in [0.5, 0.6) is 0 Å². The lowest BCUT2D eigenvalue weighted by molar-refractivity contribution is -0.132. The van der Waals surface area contributed by atoms with Gasteiger partial charge in [0.1, 0.15) is 12.2 Å². The number of nitrogens with zero attached hydrogens (tertiary/aromatic N) is 1. The van der Waals surface area contributed by atoms with Gasteiger partial charge in [-0.15, -0.1) is 0 Å². The highest BCUT2D eigenvalue weighted by Crippen LogP contribution is 2.17. The molecular weight excluding hydrogens is 256 g/mol. The first kappa shape index (κ1) is 15.0. The van der Waals surface area contributed by atoms with E-state index in [1.54, 1.807) is 19.1 Å². The second-order valence-electron chi connectivity index (χ2n) is 5.09. The van der Waals surface area contributed by atoms with Crippen molar-refractivity contribution in [3.63, 3.8) is 0 Å². The maximum absolute atomic E-state index is 12.4. The number of carbonyl (C=O) groups is 1. The van der Waals surface area contributed by atoms with Gasteiger partial charge in [0, 0.05) is 27.3 Å². The molecule has 1 amide bonds. The van der Waals surface area contributed by atoms with E-state index in [4.69, 9.17) is 15.2 Å². The number of ether oxygens (including phenoxy) is 2. The molecule has 0 bridgehead atoms. The van der Waals surface area contributed by atoms with Crippen molar-refractivity contribution in [3.05, 3.63) is 35.9 Å². The number of likely N-dealkylation sites (tertiary alicyclic amines) is 1. The van der Waals surface area contributed by atoms with E-state index in [-0.39, 0.29) is 18.1 Å². The Kier molecular flexibility index (Phi) is 5.11. The number of hydrogen-bond donors (Lipinski definition) is 1. The van der Waals surface area contributed by atoms with Gasteiger partial charge in [0.2, 0.25) is 5.91 Å². The lowest BCUT2D eigenvalue weighted by atomic mass is 10.1. The number of hydrogen-bond acceptors (Lipinski definition) is 4. The van der Waals surface area contributed by atoms with E-state index >= 15 is 0 Å². The Balaban J connectivity index is 1.94. The first-order valence-electron chi connectivity index (χ1n) is 6.79. The summed E-state index contributed by atoms with van der Waals surface area (Å²) in [6.07, 6.45) is 0.395. The summed E-state index contributed by atoms with van der Waals surface area (Å²) in [5.41, 5.74) is 7.10. The molecule has 0 spiro atoms. The zero-order chi connectivity index (χ0) is 14.5. The molecule has 1 aromatic rings. The van der Waals surface area contributed by atoms with Gasteiger partial charge in [-0.05, 0) is 12.0 Å². The Labute approximate surface area is 119 Å². The van der Waals surface area contributed by atoms with Crippen LogP contribution in [0.15, 0.2) is 30.3 Å². The van der Waals surface area contributed by atoms with E-state index in [0.717, 1.165) is 5.56 Å². The van der Waals surface area contributed by atoms with Gasteiger partial charge in [-0.2, -0.15) is 0 Å². The maximum atomic E-state index is 12.4. The molecule has 5 heteroatoms. The van der Waals surface area contributed by atoms with Crippen molar-refractivity contribution in [2.75, 3.05) is 27.3 Å². The minimum absolute atomic E-state index is 0.0459. The highest BCUT2D eigenvalue weighted by atomic mass is 16.5. The molecule has 0 radical (unpaired) electrons.